The average Bonchev–Trinajstić information content (AvgIpc) is 3.29. The number of H-pyrrole nitrogens is 1. The summed E-state index contributed by atoms with van der Waals surface area (Å²) in [6.45, 7) is 4.11. The van der Waals surface area contributed by atoms with Gasteiger partial charge in [0.15, 0.2) is 0 Å². The zero-order valence-corrected chi connectivity index (χ0v) is 17.4. The Bertz CT molecular complexity index is 890. The van der Waals surface area contributed by atoms with Crippen molar-refractivity contribution < 1.29 is 14.0 Å². The van der Waals surface area contributed by atoms with Gasteiger partial charge in [-0.3, -0.25) is 14.7 Å². The van der Waals surface area contributed by atoms with Crippen molar-refractivity contribution in [2.45, 2.75) is 44.9 Å². The molecule has 2 amide bonds. The maximum atomic E-state index is 13.9. The van der Waals surface area contributed by atoms with Gasteiger partial charge in [-0.15, -0.1) is 0 Å². The van der Waals surface area contributed by atoms with E-state index >= 15 is 0 Å². The van der Waals surface area contributed by atoms with Crippen molar-refractivity contribution in [1.29, 1.82) is 0 Å². The minimum atomic E-state index is -0.602. The number of amides is 2. The Morgan fingerprint density at radius 2 is 2.00 bits per heavy atom. The maximum absolute atomic E-state index is 13.9. The van der Waals surface area contributed by atoms with E-state index in [0.29, 0.717) is 38.9 Å². The lowest BCUT2D eigenvalue weighted by Crippen LogP contribution is -2.53. The lowest BCUT2D eigenvalue weighted by Gasteiger charge is -2.45. The van der Waals surface area contributed by atoms with E-state index in [1.54, 1.807) is 24.1 Å². The number of hydrogen-bond donors (Lipinski definition) is 1. The number of benzene rings is 1. The number of nitrogens with one attached hydrogen (secondary N) is 1. The molecule has 0 bridgehead atoms. The Labute approximate surface area is 176 Å². The molecule has 6 nitrogen and oxygen atoms in total. The van der Waals surface area contributed by atoms with E-state index in [1.165, 1.54) is 12.1 Å². The fraction of sp³-hybridized carbons (Fsp3) is 0.522. The van der Waals surface area contributed by atoms with E-state index in [1.807, 2.05) is 17.0 Å². The van der Waals surface area contributed by atoms with Crippen LogP contribution in [0.2, 0.25) is 0 Å². The molecule has 0 aliphatic carbocycles. The van der Waals surface area contributed by atoms with Crippen LogP contribution >= 0.6 is 0 Å². The molecule has 2 aromatic rings. The van der Waals surface area contributed by atoms with Crippen molar-refractivity contribution in [3.63, 3.8) is 0 Å². The van der Waals surface area contributed by atoms with E-state index in [4.69, 9.17) is 0 Å². The summed E-state index contributed by atoms with van der Waals surface area (Å²) in [4.78, 5) is 29.5. The van der Waals surface area contributed by atoms with Crippen molar-refractivity contribution >= 4 is 11.8 Å². The first-order valence-corrected chi connectivity index (χ1v) is 10.8. The van der Waals surface area contributed by atoms with Crippen LogP contribution in [-0.2, 0) is 16.0 Å². The largest absolute Gasteiger partial charge is 0.343 e. The van der Waals surface area contributed by atoms with Crippen LogP contribution in [0.3, 0.4) is 0 Å². The fourth-order valence-electron chi connectivity index (χ4n) is 5.00. The molecule has 3 heterocycles. The van der Waals surface area contributed by atoms with Gasteiger partial charge in [0, 0.05) is 50.9 Å². The highest BCUT2D eigenvalue weighted by Gasteiger charge is 2.45. The second-order valence-electron chi connectivity index (χ2n) is 8.70. The van der Waals surface area contributed by atoms with Crippen LogP contribution in [0.1, 0.15) is 49.8 Å². The quantitative estimate of drug-likeness (QED) is 0.839. The zero-order chi connectivity index (χ0) is 21.1. The van der Waals surface area contributed by atoms with Gasteiger partial charge in [-0.1, -0.05) is 12.1 Å². The fourth-order valence-corrected chi connectivity index (χ4v) is 5.00. The molecule has 4 rings (SSSR count). The first kappa shape index (κ1) is 20.6. The number of aromatic nitrogens is 2. The molecule has 1 aromatic heterocycles. The van der Waals surface area contributed by atoms with Crippen molar-refractivity contribution in [2.24, 2.45) is 5.41 Å². The Balaban J connectivity index is 1.57. The molecular formula is C23H29FN4O2. The van der Waals surface area contributed by atoms with Crippen LogP contribution < -0.4 is 0 Å². The smallest absolute Gasteiger partial charge is 0.229 e. The third-order valence-corrected chi connectivity index (χ3v) is 6.72. The molecule has 1 atom stereocenters. The number of carbonyl (C=O) groups is 2. The molecule has 0 saturated carbocycles. The Hall–Kier alpha value is -2.70. The minimum absolute atomic E-state index is 0.0408. The van der Waals surface area contributed by atoms with Crippen LogP contribution in [0.15, 0.2) is 36.5 Å². The second-order valence-corrected chi connectivity index (χ2v) is 8.70. The number of aromatic amines is 1. The van der Waals surface area contributed by atoms with Crippen molar-refractivity contribution in [2.75, 3.05) is 26.2 Å². The van der Waals surface area contributed by atoms with Gasteiger partial charge < -0.3 is 9.80 Å². The topological polar surface area (TPSA) is 69.3 Å². The molecule has 7 heteroatoms. The van der Waals surface area contributed by atoms with Crippen molar-refractivity contribution in [3.8, 4) is 0 Å². The third kappa shape index (κ3) is 4.25. The van der Waals surface area contributed by atoms with Crippen LogP contribution in [0, 0.1) is 11.2 Å². The number of halogens is 1. The maximum Gasteiger partial charge on any atom is 0.229 e. The molecule has 30 heavy (non-hydrogen) atoms. The van der Waals surface area contributed by atoms with E-state index in [0.717, 1.165) is 30.6 Å². The number of piperidine rings is 2. The molecule has 0 unspecified atom stereocenters. The summed E-state index contributed by atoms with van der Waals surface area (Å²) in [5, 5.41) is 7.10. The summed E-state index contributed by atoms with van der Waals surface area (Å²) in [6.07, 6.45) is 5.44. The van der Waals surface area contributed by atoms with Crippen molar-refractivity contribution in [1.82, 2.24) is 20.0 Å². The van der Waals surface area contributed by atoms with Crippen LogP contribution in [0.25, 0.3) is 0 Å². The summed E-state index contributed by atoms with van der Waals surface area (Å²) >= 11 is 0. The highest BCUT2D eigenvalue weighted by molar-refractivity contribution is 5.84. The van der Waals surface area contributed by atoms with Crippen LogP contribution in [0.5, 0.6) is 0 Å². The van der Waals surface area contributed by atoms with E-state index in [9.17, 15) is 14.0 Å². The zero-order valence-electron chi connectivity index (χ0n) is 17.4. The number of rotatable bonds is 4. The van der Waals surface area contributed by atoms with Crippen LogP contribution in [-0.4, -0.2) is 58.0 Å². The van der Waals surface area contributed by atoms with Gasteiger partial charge in [-0.05, 0) is 55.9 Å². The number of nitrogens with zero attached hydrogens (tertiary/aromatic N) is 3. The van der Waals surface area contributed by atoms with Gasteiger partial charge in [0.2, 0.25) is 11.8 Å². The summed E-state index contributed by atoms with van der Waals surface area (Å²) < 4.78 is 13.8. The predicted octanol–water partition coefficient (Wildman–Crippen LogP) is 3.13. The minimum Gasteiger partial charge on any atom is -0.343 e. The summed E-state index contributed by atoms with van der Waals surface area (Å²) in [5.41, 5.74) is 1.30. The highest BCUT2D eigenvalue weighted by atomic mass is 19.1. The summed E-state index contributed by atoms with van der Waals surface area (Å²) in [5.74, 6) is 0.153. The molecule has 1 aromatic carbocycles. The molecule has 0 spiro atoms. The monoisotopic (exact) mass is 412 g/mol. The molecule has 2 aliphatic heterocycles. The average molecular weight is 413 g/mol. The number of carbonyl (C=O) groups excluding carboxylic acids is 2. The molecule has 2 saturated heterocycles. The van der Waals surface area contributed by atoms with Gasteiger partial charge in [0.05, 0.1) is 5.41 Å². The Morgan fingerprint density at radius 1 is 1.20 bits per heavy atom. The normalized spacial score (nSPS) is 21.5. The highest BCUT2D eigenvalue weighted by Crippen LogP contribution is 2.39. The molecular weight excluding hydrogens is 383 g/mol. The number of likely N-dealkylation sites (tertiary alicyclic amines) is 2. The molecule has 0 radical (unpaired) electrons. The van der Waals surface area contributed by atoms with Gasteiger partial charge >= 0.3 is 0 Å². The van der Waals surface area contributed by atoms with Gasteiger partial charge in [0.1, 0.15) is 5.82 Å². The standard InChI is InChI=1S/C23H29FN4O2/c1-17(29)27-12-8-23(9-13-27,15-18-4-2-6-20(24)14-18)22(30)28-11-3-5-19(16-28)21-7-10-25-26-21/h2,4,6-7,10,14,19H,3,5,8-9,11-13,15-16H2,1H3,(H,25,26)/t19-/m0/s1. The second kappa shape index (κ2) is 8.58. The first-order valence-electron chi connectivity index (χ1n) is 10.8. The van der Waals surface area contributed by atoms with Crippen LogP contribution in [0.4, 0.5) is 4.39 Å². The Kier molecular flexibility index (Phi) is 5.88. The first-order chi connectivity index (χ1) is 14.5. The van der Waals surface area contributed by atoms with E-state index in [-0.39, 0.29) is 23.5 Å². The lowest BCUT2D eigenvalue weighted by atomic mass is 9.72. The predicted molar refractivity (Wildman–Crippen MR) is 111 cm³/mol. The van der Waals surface area contributed by atoms with E-state index in [2.05, 4.69) is 10.2 Å². The van der Waals surface area contributed by atoms with Gasteiger partial charge in [-0.25, -0.2) is 4.39 Å². The van der Waals surface area contributed by atoms with Gasteiger partial charge in [-0.2, -0.15) is 5.10 Å². The molecule has 160 valence electrons. The molecule has 2 aliphatic rings. The molecule has 2 fully saturated rings. The Morgan fingerprint density at radius 3 is 2.67 bits per heavy atom. The van der Waals surface area contributed by atoms with E-state index < -0.39 is 5.41 Å². The SMILES string of the molecule is CC(=O)N1CCC(Cc2cccc(F)c2)(C(=O)N2CCC[C@H](c3ccn[nH]3)C2)CC1. The summed E-state index contributed by atoms with van der Waals surface area (Å²) in [7, 11) is 0. The molecule has 1 N–H and O–H groups in total. The van der Waals surface area contributed by atoms with Crippen molar-refractivity contribution in [3.05, 3.63) is 53.6 Å². The lowest BCUT2D eigenvalue weighted by molar-refractivity contribution is -0.149. The summed E-state index contributed by atoms with van der Waals surface area (Å²) in [6, 6.07) is 8.51. The van der Waals surface area contributed by atoms with Gasteiger partial charge in [0.25, 0.3) is 0 Å². The number of hydrogen-bond acceptors (Lipinski definition) is 3. The third-order valence-electron chi connectivity index (χ3n) is 6.72.